The maximum absolute atomic E-state index is 3.62. The summed E-state index contributed by atoms with van der Waals surface area (Å²) in [6.07, 6.45) is 8.82. The molecular weight excluding hydrogens is 146 g/mol. The predicted molar refractivity (Wildman–Crippen MR) is 54.3 cm³/mol. The Morgan fingerprint density at radius 1 is 0.917 bits per heavy atom. The van der Waals surface area contributed by atoms with Crippen LogP contribution < -0.4 is 5.32 Å². The van der Waals surface area contributed by atoms with Gasteiger partial charge < -0.3 is 5.32 Å². The molecule has 0 aromatic carbocycles. The van der Waals surface area contributed by atoms with E-state index in [2.05, 4.69) is 5.32 Å². The minimum absolute atomic E-state index is 0.905. The second-order valence-corrected chi connectivity index (χ2v) is 3.75. The van der Waals surface area contributed by atoms with Gasteiger partial charge in [0.25, 0.3) is 0 Å². The van der Waals surface area contributed by atoms with E-state index in [0.717, 1.165) is 12.0 Å². The number of fused-ring (bicyclic) bond motifs is 1. The molecule has 0 radical (unpaired) electrons. The zero-order valence-corrected chi connectivity index (χ0v) is 8.60. The van der Waals surface area contributed by atoms with Crippen molar-refractivity contribution in [2.45, 2.75) is 58.4 Å². The standard InChI is InChI=1S/C9H17N.C2H6/c1-2-6-9-8(4-1)5-3-7-10-9;1-2/h8-10H,1-7H2;1-2H3. The predicted octanol–water partition coefficient (Wildman–Crippen LogP) is 2.95. The van der Waals surface area contributed by atoms with E-state index in [1.165, 1.54) is 45.1 Å². The van der Waals surface area contributed by atoms with Crippen molar-refractivity contribution in [2.24, 2.45) is 5.92 Å². The summed E-state index contributed by atoms with van der Waals surface area (Å²) in [6, 6.07) is 0.905. The van der Waals surface area contributed by atoms with Gasteiger partial charge in [0, 0.05) is 6.04 Å². The molecule has 2 rings (SSSR count). The van der Waals surface area contributed by atoms with Crippen molar-refractivity contribution < 1.29 is 0 Å². The van der Waals surface area contributed by atoms with Gasteiger partial charge in [-0.15, -0.1) is 0 Å². The molecule has 1 heterocycles. The topological polar surface area (TPSA) is 12.0 Å². The molecule has 72 valence electrons. The molecule has 2 atom stereocenters. The first kappa shape index (κ1) is 10.0. The van der Waals surface area contributed by atoms with Crippen LogP contribution >= 0.6 is 0 Å². The highest BCUT2D eigenvalue weighted by molar-refractivity contribution is 4.84. The van der Waals surface area contributed by atoms with Crippen molar-refractivity contribution in [1.82, 2.24) is 5.32 Å². The Hall–Kier alpha value is -0.0400. The van der Waals surface area contributed by atoms with Gasteiger partial charge in [-0.25, -0.2) is 0 Å². The van der Waals surface area contributed by atoms with Crippen molar-refractivity contribution in [3.05, 3.63) is 0 Å². The molecule has 12 heavy (non-hydrogen) atoms. The molecule has 0 aromatic rings. The highest BCUT2D eigenvalue weighted by atomic mass is 14.9. The number of nitrogens with one attached hydrogen (secondary N) is 1. The number of hydrogen-bond acceptors (Lipinski definition) is 1. The van der Waals surface area contributed by atoms with Gasteiger partial charge in [0.1, 0.15) is 0 Å². The smallest absolute Gasteiger partial charge is 0.00953 e. The molecule has 0 amide bonds. The Balaban J connectivity index is 0.000000336. The van der Waals surface area contributed by atoms with Crippen LogP contribution in [0.1, 0.15) is 52.4 Å². The van der Waals surface area contributed by atoms with Crippen LogP contribution in [-0.4, -0.2) is 12.6 Å². The largest absolute Gasteiger partial charge is 0.314 e. The molecule has 1 N–H and O–H groups in total. The Morgan fingerprint density at radius 3 is 2.33 bits per heavy atom. The molecule has 2 unspecified atom stereocenters. The van der Waals surface area contributed by atoms with Crippen LogP contribution in [0.25, 0.3) is 0 Å². The van der Waals surface area contributed by atoms with Crippen molar-refractivity contribution in [3.63, 3.8) is 0 Å². The molecular formula is C11H23N. The van der Waals surface area contributed by atoms with Crippen molar-refractivity contribution in [2.75, 3.05) is 6.54 Å². The highest BCUT2D eigenvalue weighted by Crippen LogP contribution is 2.29. The minimum Gasteiger partial charge on any atom is -0.314 e. The van der Waals surface area contributed by atoms with Crippen LogP contribution in [0.3, 0.4) is 0 Å². The first-order valence-corrected chi connectivity index (χ1v) is 5.70. The third kappa shape index (κ3) is 2.48. The molecule has 1 nitrogen and oxygen atoms in total. The van der Waals surface area contributed by atoms with Gasteiger partial charge in [0.05, 0.1) is 0 Å². The quantitative estimate of drug-likeness (QED) is 0.588. The van der Waals surface area contributed by atoms with E-state index in [1.54, 1.807) is 0 Å². The monoisotopic (exact) mass is 169 g/mol. The summed E-state index contributed by atoms with van der Waals surface area (Å²) >= 11 is 0. The molecule has 1 heteroatoms. The van der Waals surface area contributed by atoms with Gasteiger partial charge in [-0.3, -0.25) is 0 Å². The lowest BCUT2D eigenvalue weighted by molar-refractivity contribution is 0.212. The Bertz CT molecular complexity index is 85.6. The van der Waals surface area contributed by atoms with Crippen LogP contribution in [0, 0.1) is 5.92 Å². The van der Waals surface area contributed by atoms with Gasteiger partial charge in [-0.2, -0.15) is 0 Å². The van der Waals surface area contributed by atoms with Gasteiger partial charge >= 0.3 is 0 Å². The van der Waals surface area contributed by atoms with E-state index < -0.39 is 0 Å². The molecule has 0 aromatic heterocycles. The van der Waals surface area contributed by atoms with Crippen LogP contribution in [0.5, 0.6) is 0 Å². The van der Waals surface area contributed by atoms with Crippen LogP contribution in [0.2, 0.25) is 0 Å². The van der Waals surface area contributed by atoms with E-state index in [0.29, 0.717) is 0 Å². The van der Waals surface area contributed by atoms with Crippen molar-refractivity contribution >= 4 is 0 Å². The lowest BCUT2D eigenvalue weighted by Gasteiger charge is -2.36. The third-order valence-corrected chi connectivity index (χ3v) is 3.07. The highest BCUT2D eigenvalue weighted by Gasteiger charge is 2.26. The average Bonchev–Trinajstić information content (AvgIpc) is 2.21. The summed E-state index contributed by atoms with van der Waals surface area (Å²) in [7, 11) is 0. The van der Waals surface area contributed by atoms with E-state index in [4.69, 9.17) is 0 Å². The molecule has 1 saturated heterocycles. The maximum atomic E-state index is 3.62. The summed E-state index contributed by atoms with van der Waals surface area (Å²) in [6.45, 7) is 5.28. The van der Waals surface area contributed by atoms with Gasteiger partial charge in [0.2, 0.25) is 0 Å². The van der Waals surface area contributed by atoms with Crippen LogP contribution in [-0.2, 0) is 0 Å². The summed E-state index contributed by atoms with van der Waals surface area (Å²) in [5.74, 6) is 1.04. The van der Waals surface area contributed by atoms with Gasteiger partial charge in [-0.05, 0) is 38.1 Å². The molecule has 1 saturated carbocycles. The minimum atomic E-state index is 0.905. The fourth-order valence-corrected chi connectivity index (χ4v) is 2.47. The Morgan fingerprint density at radius 2 is 1.58 bits per heavy atom. The first-order valence-electron chi connectivity index (χ1n) is 5.70. The number of rotatable bonds is 0. The number of piperidine rings is 1. The summed E-state index contributed by atoms with van der Waals surface area (Å²) < 4.78 is 0. The maximum Gasteiger partial charge on any atom is 0.00953 e. The second-order valence-electron chi connectivity index (χ2n) is 3.75. The van der Waals surface area contributed by atoms with Gasteiger partial charge in [-0.1, -0.05) is 26.7 Å². The zero-order valence-electron chi connectivity index (χ0n) is 8.60. The molecule has 2 aliphatic rings. The summed E-state index contributed by atoms with van der Waals surface area (Å²) in [5, 5.41) is 3.62. The first-order chi connectivity index (χ1) is 5.97. The fourth-order valence-electron chi connectivity index (χ4n) is 2.47. The lowest BCUT2D eigenvalue weighted by atomic mass is 9.80. The Kier molecular flexibility index (Phi) is 4.67. The second kappa shape index (κ2) is 5.58. The van der Waals surface area contributed by atoms with E-state index in [-0.39, 0.29) is 0 Å². The van der Waals surface area contributed by atoms with Crippen LogP contribution in [0.4, 0.5) is 0 Å². The molecule has 0 bridgehead atoms. The van der Waals surface area contributed by atoms with Crippen molar-refractivity contribution in [1.29, 1.82) is 0 Å². The van der Waals surface area contributed by atoms with Gasteiger partial charge in [0.15, 0.2) is 0 Å². The Labute approximate surface area is 76.9 Å². The molecule has 0 spiro atoms. The fraction of sp³-hybridized carbons (Fsp3) is 1.00. The molecule has 2 fully saturated rings. The zero-order chi connectivity index (χ0) is 8.81. The molecule has 1 aliphatic carbocycles. The average molecular weight is 169 g/mol. The summed E-state index contributed by atoms with van der Waals surface area (Å²) in [5.41, 5.74) is 0. The normalized spacial score (nSPS) is 34.5. The van der Waals surface area contributed by atoms with E-state index in [1.807, 2.05) is 13.8 Å². The van der Waals surface area contributed by atoms with Crippen LogP contribution in [0.15, 0.2) is 0 Å². The number of hydrogen-bond donors (Lipinski definition) is 1. The van der Waals surface area contributed by atoms with E-state index >= 15 is 0 Å². The summed E-state index contributed by atoms with van der Waals surface area (Å²) in [4.78, 5) is 0. The molecule has 1 aliphatic heterocycles. The van der Waals surface area contributed by atoms with E-state index in [9.17, 15) is 0 Å². The lowest BCUT2D eigenvalue weighted by Crippen LogP contribution is -2.42. The SMILES string of the molecule is C1CCC2NCCCC2C1.CC. The third-order valence-electron chi connectivity index (χ3n) is 3.07. The van der Waals surface area contributed by atoms with Crippen molar-refractivity contribution in [3.8, 4) is 0 Å².